The van der Waals surface area contributed by atoms with E-state index >= 15 is 0 Å². The lowest BCUT2D eigenvalue weighted by Gasteiger charge is -2.20. The molecule has 1 atom stereocenters. The SMILES string of the molecule is CN(CC(O)COC(CN=[N+]=[N-])CN=[N+]=[N-])S(=O)(=O)O. The second-order valence-corrected chi connectivity index (χ2v) is 5.21. The molecule has 0 aromatic rings. The number of azide groups is 2. The highest BCUT2D eigenvalue weighted by molar-refractivity contribution is 7.83. The zero-order valence-corrected chi connectivity index (χ0v) is 11.5. The van der Waals surface area contributed by atoms with Gasteiger partial charge in [-0.3, -0.25) is 4.55 Å². The van der Waals surface area contributed by atoms with E-state index in [1.54, 1.807) is 0 Å². The molecule has 13 heteroatoms. The Hall–Kier alpha value is -1.59. The molecule has 0 bridgehead atoms. The first-order valence-corrected chi connectivity index (χ1v) is 6.71. The molecule has 0 aromatic carbocycles. The predicted octanol–water partition coefficient (Wildman–Crippen LogP) is 0.0877. The van der Waals surface area contributed by atoms with Crippen molar-refractivity contribution >= 4 is 10.3 Å². The number of nitrogens with zero attached hydrogens (tertiary/aromatic N) is 7. The van der Waals surface area contributed by atoms with Crippen molar-refractivity contribution in [1.29, 1.82) is 0 Å². The third-order valence-corrected chi connectivity index (χ3v) is 3.02. The highest BCUT2D eigenvalue weighted by Gasteiger charge is 2.19. The van der Waals surface area contributed by atoms with E-state index in [1.807, 2.05) is 0 Å². The summed E-state index contributed by atoms with van der Waals surface area (Å²) in [6.07, 6.45) is -1.94. The number of aliphatic hydroxyl groups is 1. The molecule has 0 spiro atoms. The third-order valence-electron chi connectivity index (χ3n) is 2.08. The number of aliphatic hydroxyl groups excluding tert-OH is 1. The van der Waals surface area contributed by atoms with Gasteiger partial charge in [0.2, 0.25) is 0 Å². The lowest BCUT2D eigenvalue weighted by atomic mass is 10.3. The summed E-state index contributed by atoms with van der Waals surface area (Å²) in [6, 6.07) is 0. The van der Waals surface area contributed by atoms with Crippen LogP contribution in [0.5, 0.6) is 0 Å². The van der Waals surface area contributed by atoms with Crippen molar-refractivity contribution in [1.82, 2.24) is 4.31 Å². The highest BCUT2D eigenvalue weighted by atomic mass is 32.2. The monoisotopic (exact) mass is 309 g/mol. The van der Waals surface area contributed by atoms with Gasteiger partial charge in [0.15, 0.2) is 0 Å². The maximum absolute atomic E-state index is 10.7. The number of likely N-dealkylation sites (N-methyl/N-ethyl adjacent to an activating group) is 1. The fourth-order valence-corrected chi connectivity index (χ4v) is 1.47. The average Bonchev–Trinajstić information content (AvgIpc) is 2.36. The molecule has 0 saturated heterocycles. The first-order valence-electron chi connectivity index (χ1n) is 5.31. The molecule has 0 saturated carbocycles. The van der Waals surface area contributed by atoms with Gasteiger partial charge >= 0.3 is 10.3 Å². The maximum atomic E-state index is 10.7. The van der Waals surface area contributed by atoms with Crippen LogP contribution in [0.3, 0.4) is 0 Å². The third kappa shape index (κ3) is 8.50. The molecule has 1 unspecified atom stereocenters. The van der Waals surface area contributed by atoms with Gasteiger partial charge in [-0.1, -0.05) is 10.2 Å². The first kappa shape index (κ1) is 18.4. The molecule has 0 rings (SSSR count). The van der Waals surface area contributed by atoms with Crippen molar-refractivity contribution in [2.45, 2.75) is 12.2 Å². The van der Waals surface area contributed by atoms with Gasteiger partial charge in [-0.15, -0.1) is 0 Å². The Labute approximate surface area is 115 Å². The van der Waals surface area contributed by atoms with Gasteiger partial charge < -0.3 is 9.84 Å². The Morgan fingerprint density at radius 1 is 1.30 bits per heavy atom. The summed E-state index contributed by atoms with van der Waals surface area (Å²) in [5, 5.41) is 16.0. The van der Waals surface area contributed by atoms with E-state index in [2.05, 4.69) is 20.1 Å². The fraction of sp³-hybridized carbons (Fsp3) is 1.00. The Morgan fingerprint density at radius 3 is 2.20 bits per heavy atom. The standard InChI is InChI=1S/C7H15N7O5S/c1-14(20(16,17)18)4-6(15)5-19-7(2-10-12-8)3-11-13-9/h6-7,15H,2-5H2,1H3,(H,16,17,18). The van der Waals surface area contributed by atoms with Crippen LogP contribution in [0.4, 0.5) is 0 Å². The van der Waals surface area contributed by atoms with Gasteiger partial charge in [0.25, 0.3) is 0 Å². The Bertz CT molecular complexity index is 464. The molecule has 0 radical (unpaired) electrons. The first-order chi connectivity index (χ1) is 9.31. The van der Waals surface area contributed by atoms with E-state index in [9.17, 15) is 13.5 Å². The normalized spacial score (nSPS) is 14.2. The van der Waals surface area contributed by atoms with Gasteiger partial charge in [0.05, 0.1) is 31.9 Å². The van der Waals surface area contributed by atoms with Crippen LogP contribution in [0, 0.1) is 0 Å². The Morgan fingerprint density at radius 2 is 1.80 bits per heavy atom. The van der Waals surface area contributed by atoms with E-state index < -0.39 is 22.5 Å². The van der Waals surface area contributed by atoms with Crippen LogP contribution in [-0.4, -0.2) is 67.9 Å². The largest absolute Gasteiger partial charge is 0.389 e. The molecule has 0 fully saturated rings. The number of hydrogen-bond acceptors (Lipinski definition) is 6. The van der Waals surface area contributed by atoms with Crippen LogP contribution in [0.1, 0.15) is 0 Å². The number of rotatable bonds is 10. The van der Waals surface area contributed by atoms with Crippen LogP contribution in [0.25, 0.3) is 20.9 Å². The molecule has 0 aliphatic rings. The van der Waals surface area contributed by atoms with E-state index in [4.69, 9.17) is 20.4 Å². The summed E-state index contributed by atoms with van der Waals surface area (Å²) in [5.41, 5.74) is 16.4. The van der Waals surface area contributed by atoms with Crippen molar-refractivity contribution in [3.05, 3.63) is 20.9 Å². The van der Waals surface area contributed by atoms with Gasteiger partial charge in [0, 0.05) is 23.4 Å². The second-order valence-electron chi connectivity index (χ2n) is 3.69. The van der Waals surface area contributed by atoms with Crippen LogP contribution in [0.15, 0.2) is 10.2 Å². The molecule has 0 aliphatic heterocycles. The summed E-state index contributed by atoms with van der Waals surface area (Å²) in [6.45, 7) is -0.867. The Balaban J connectivity index is 4.31. The lowest BCUT2D eigenvalue weighted by Crippen LogP contribution is -2.37. The highest BCUT2D eigenvalue weighted by Crippen LogP contribution is 2.01. The van der Waals surface area contributed by atoms with Crippen molar-refractivity contribution in [2.75, 3.05) is 33.3 Å². The molecule has 20 heavy (non-hydrogen) atoms. The quantitative estimate of drug-likeness (QED) is 0.250. The zero-order chi connectivity index (χ0) is 15.6. The zero-order valence-electron chi connectivity index (χ0n) is 10.6. The minimum absolute atomic E-state index is 0.101. The van der Waals surface area contributed by atoms with Crippen LogP contribution < -0.4 is 0 Å². The molecule has 0 aromatic heterocycles. The molecule has 12 nitrogen and oxygen atoms in total. The molecule has 114 valence electrons. The van der Waals surface area contributed by atoms with Crippen molar-refractivity contribution < 1.29 is 22.8 Å². The molecule has 0 amide bonds. The van der Waals surface area contributed by atoms with Crippen molar-refractivity contribution in [3.8, 4) is 0 Å². The minimum Gasteiger partial charge on any atom is -0.389 e. The predicted molar refractivity (Wildman–Crippen MR) is 68.0 cm³/mol. The molecule has 0 aliphatic carbocycles. The number of ether oxygens (including phenoxy) is 1. The van der Waals surface area contributed by atoms with Crippen LogP contribution in [0.2, 0.25) is 0 Å². The van der Waals surface area contributed by atoms with Crippen molar-refractivity contribution in [2.24, 2.45) is 10.2 Å². The fourth-order valence-electron chi connectivity index (χ4n) is 1.11. The topological polar surface area (TPSA) is 185 Å². The molecule has 2 N–H and O–H groups in total. The number of hydrogen-bond donors (Lipinski definition) is 2. The van der Waals surface area contributed by atoms with Gasteiger partial charge in [0.1, 0.15) is 0 Å². The summed E-state index contributed by atoms with van der Waals surface area (Å²) < 4.78 is 35.8. The Kier molecular flexibility index (Phi) is 8.59. The van der Waals surface area contributed by atoms with E-state index in [-0.39, 0.29) is 26.2 Å². The summed E-state index contributed by atoms with van der Waals surface area (Å²) in [7, 11) is -3.30. The van der Waals surface area contributed by atoms with Gasteiger partial charge in [-0.05, 0) is 11.1 Å². The summed E-state index contributed by atoms with van der Waals surface area (Å²) in [4.78, 5) is 5.04. The van der Waals surface area contributed by atoms with E-state index in [1.165, 1.54) is 0 Å². The van der Waals surface area contributed by atoms with Gasteiger partial charge in [-0.25, -0.2) is 0 Å². The minimum atomic E-state index is -4.38. The molecular weight excluding hydrogens is 294 g/mol. The van der Waals surface area contributed by atoms with Crippen LogP contribution in [-0.2, 0) is 15.0 Å². The lowest BCUT2D eigenvalue weighted by molar-refractivity contribution is -0.00630. The summed E-state index contributed by atoms with van der Waals surface area (Å²) in [5.74, 6) is 0. The molecule has 0 heterocycles. The summed E-state index contributed by atoms with van der Waals surface area (Å²) >= 11 is 0. The van der Waals surface area contributed by atoms with E-state index in [0.29, 0.717) is 4.31 Å². The van der Waals surface area contributed by atoms with Crippen molar-refractivity contribution in [3.63, 3.8) is 0 Å². The second kappa shape index (κ2) is 9.34. The van der Waals surface area contributed by atoms with Gasteiger partial charge in [-0.2, -0.15) is 12.7 Å². The average molecular weight is 309 g/mol. The van der Waals surface area contributed by atoms with E-state index in [0.717, 1.165) is 7.05 Å². The molecular formula is C7H15N7O5S. The maximum Gasteiger partial charge on any atom is 0.335 e. The smallest absolute Gasteiger partial charge is 0.335 e. The van der Waals surface area contributed by atoms with Crippen LogP contribution >= 0.6 is 0 Å².